The summed E-state index contributed by atoms with van der Waals surface area (Å²) in [5, 5.41) is 0. The van der Waals surface area contributed by atoms with E-state index in [1.807, 2.05) is 12.3 Å². The third kappa shape index (κ3) is 3.71. The zero-order valence-electron chi connectivity index (χ0n) is 14.6. The molecule has 0 amide bonds. The van der Waals surface area contributed by atoms with Gasteiger partial charge in [-0.1, -0.05) is 0 Å². The Balaban J connectivity index is 1.39. The van der Waals surface area contributed by atoms with Gasteiger partial charge in [-0.15, -0.1) is 0 Å². The van der Waals surface area contributed by atoms with Crippen LogP contribution in [0, 0.1) is 0 Å². The van der Waals surface area contributed by atoms with E-state index in [9.17, 15) is 4.79 Å². The highest BCUT2D eigenvalue weighted by molar-refractivity contribution is 5.41. The maximum atomic E-state index is 11.7. The first-order valence-electron chi connectivity index (χ1n) is 8.99. The average Bonchev–Trinajstić information content (AvgIpc) is 3.46. The smallest absolute Gasteiger partial charge is 0.253 e. The van der Waals surface area contributed by atoms with E-state index in [4.69, 9.17) is 0 Å². The van der Waals surface area contributed by atoms with Crippen molar-refractivity contribution in [1.29, 1.82) is 0 Å². The molecule has 2 fully saturated rings. The first kappa shape index (κ1) is 16.2. The second kappa shape index (κ2) is 6.92. The molecule has 0 N–H and O–H groups in total. The van der Waals surface area contributed by atoms with E-state index in [0.717, 1.165) is 44.0 Å². The molecule has 0 radical (unpaired) electrons. The molecule has 4 rings (SSSR count). The molecule has 1 aliphatic heterocycles. The topological polar surface area (TPSA) is 67.2 Å². The second-order valence-corrected chi connectivity index (χ2v) is 7.04. The predicted octanol–water partition coefficient (Wildman–Crippen LogP) is 1.20. The molecule has 3 heterocycles. The Kier molecular flexibility index (Phi) is 4.48. The summed E-state index contributed by atoms with van der Waals surface area (Å²) in [6.45, 7) is 2.80. The van der Waals surface area contributed by atoms with E-state index in [1.54, 1.807) is 25.8 Å². The van der Waals surface area contributed by atoms with E-state index in [2.05, 4.69) is 24.8 Å². The Morgan fingerprint density at radius 3 is 2.56 bits per heavy atom. The molecule has 0 bridgehead atoms. The first-order valence-corrected chi connectivity index (χ1v) is 8.99. The van der Waals surface area contributed by atoms with Crippen molar-refractivity contribution in [1.82, 2.24) is 24.4 Å². The van der Waals surface area contributed by atoms with Gasteiger partial charge in [0.25, 0.3) is 5.56 Å². The Labute approximate surface area is 147 Å². The molecule has 7 heteroatoms. The number of aryl methyl sites for hydroxylation is 1. The van der Waals surface area contributed by atoms with Gasteiger partial charge in [0.1, 0.15) is 12.1 Å². The molecule has 0 spiro atoms. The number of nitrogens with zero attached hydrogens (tertiary/aromatic N) is 6. The van der Waals surface area contributed by atoms with Crippen molar-refractivity contribution in [2.24, 2.45) is 7.05 Å². The number of rotatable bonds is 5. The van der Waals surface area contributed by atoms with Crippen LogP contribution >= 0.6 is 0 Å². The van der Waals surface area contributed by atoms with Gasteiger partial charge in [0.15, 0.2) is 0 Å². The third-order valence-corrected chi connectivity index (χ3v) is 5.14. The predicted molar refractivity (Wildman–Crippen MR) is 95.3 cm³/mol. The van der Waals surface area contributed by atoms with Crippen molar-refractivity contribution in [3.05, 3.63) is 47.0 Å². The van der Waals surface area contributed by atoms with Gasteiger partial charge in [0, 0.05) is 51.0 Å². The minimum absolute atomic E-state index is 0.00329. The first-order chi connectivity index (χ1) is 12.2. The summed E-state index contributed by atoms with van der Waals surface area (Å²) in [7, 11) is 1.73. The lowest BCUT2D eigenvalue weighted by Crippen LogP contribution is -2.46. The van der Waals surface area contributed by atoms with Crippen LogP contribution in [0.2, 0.25) is 0 Å². The largest absolute Gasteiger partial charge is 0.350 e. The third-order valence-electron chi connectivity index (χ3n) is 5.14. The Morgan fingerprint density at radius 2 is 1.92 bits per heavy atom. The van der Waals surface area contributed by atoms with Gasteiger partial charge in [-0.2, -0.15) is 0 Å². The van der Waals surface area contributed by atoms with E-state index in [0.29, 0.717) is 12.1 Å². The molecule has 1 saturated carbocycles. The van der Waals surface area contributed by atoms with Crippen LogP contribution in [0.4, 0.5) is 5.82 Å². The van der Waals surface area contributed by atoms with E-state index in [1.165, 1.54) is 17.4 Å². The second-order valence-electron chi connectivity index (χ2n) is 7.04. The number of aromatic nitrogens is 4. The SMILES string of the molecule is Cn1cnc(CN2CCC(N(c3ccncn3)C3CC3)CC2)cc1=O. The van der Waals surface area contributed by atoms with Crippen molar-refractivity contribution in [2.75, 3.05) is 18.0 Å². The standard InChI is InChI=1S/C18H24N6O/c1-22-13-21-14(10-18(22)25)11-23-8-5-16(6-9-23)24(15-2-3-15)17-4-7-19-12-20-17/h4,7,10,12-13,15-16H,2-3,5-6,8-9,11H2,1H3. The zero-order chi connectivity index (χ0) is 17.2. The summed E-state index contributed by atoms with van der Waals surface area (Å²) in [5.74, 6) is 1.06. The van der Waals surface area contributed by atoms with E-state index in [-0.39, 0.29) is 5.56 Å². The average molecular weight is 340 g/mol. The molecular weight excluding hydrogens is 316 g/mol. The maximum Gasteiger partial charge on any atom is 0.253 e. The summed E-state index contributed by atoms with van der Waals surface area (Å²) in [4.78, 5) is 29.5. The van der Waals surface area contributed by atoms with Gasteiger partial charge in [-0.25, -0.2) is 15.0 Å². The fourth-order valence-electron chi connectivity index (χ4n) is 3.63. The molecule has 0 unspecified atom stereocenters. The van der Waals surface area contributed by atoms with Gasteiger partial charge in [0.05, 0.1) is 12.0 Å². The summed E-state index contributed by atoms with van der Waals surface area (Å²) < 4.78 is 1.50. The number of hydrogen-bond donors (Lipinski definition) is 0. The Morgan fingerprint density at radius 1 is 1.16 bits per heavy atom. The monoisotopic (exact) mass is 340 g/mol. The lowest BCUT2D eigenvalue weighted by atomic mass is 10.0. The van der Waals surface area contributed by atoms with Crippen LogP contribution in [0.1, 0.15) is 31.4 Å². The molecular formula is C18H24N6O. The molecule has 1 saturated heterocycles. The fourth-order valence-corrected chi connectivity index (χ4v) is 3.63. The van der Waals surface area contributed by atoms with Crippen LogP contribution in [0.3, 0.4) is 0 Å². The molecule has 2 aromatic heterocycles. The van der Waals surface area contributed by atoms with Crippen molar-refractivity contribution in [3.63, 3.8) is 0 Å². The van der Waals surface area contributed by atoms with Gasteiger partial charge in [-0.3, -0.25) is 9.69 Å². The van der Waals surface area contributed by atoms with Crippen LogP contribution in [0.15, 0.2) is 35.8 Å². The molecule has 0 atom stereocenters. The highest BCUT2D eigenvalue weighted by Gasteiger charge is 2.36. The maximum absolute atomic E-state index is 11.7. The van der Waals surface area contributed by atoms with Crippen molar-refractivity contribution >= 4 is 5.82 Å². The van der Waals surface area contributed by atoms with Gasteiger partial charge >= 0.3 is 0 Å². The molecule has 0 aromatic carbocycles. The summed E-state index contributed by atoms with van der Waals surface area (Å²) >= 11 is 0. The van der Waals surface area contributed by atoms with Crippen molar-refractivity contribution in [3.8, 4) is 0 Å². The lowest BCUT2D eigenvalue weighted by molar-refractivity contribution is 0.198. The number of hydrogen-bond acceptors (Lipinski definition) is 6. The number of piperidine rings is 1. The van der Waals surface area contributed by atoms with Crippen molar-refractivity contribution in [2.45, 2.75) is 44.3 Å². The quantitative estimate of drug-likeness (QED) is 0.815. The van der Waals surface area contributed by atoms with Gasteiger partial charge in [0.2, 0.25) is 0 Å². The van der Waals surface area contributed by atoms with Crippen LogP contribution in [-0.4, -0.2) is 49.6 Å². The highest BCUT2D eigenvalue weighted by atomic mass is 16.1. The van der Waals surface area contributed by atoms with Crippen LogP contribution < -0.4 is 10.5 Å². The molecule has 2 aromatic rings. The summed E-state index contributed by atoms with van der Waals surface area (Å²) in [6.07, 6.45) is 9.84. The molecule has 132 valence electrons. The lowest BCUT2D eigenvalue weighted by Gasteiger charge is -2.39. The minimum atomic E-state index is 0.00329. The fraction of sp³-hybridized carbons (Fsp3) is 0.556. The molecule has 2 aliphatic rings. The number of anilines is 1. The van der Waals surface area contributed by atoms with Gasteiger partial charge in [-0.05, 0) is 31.7 Å². The van der Waals surface area contributed by atoms with E-state index < -0.39 is 0 Å². The zero-order valence-corrected chi connectivity index (χ0v) is 14.6. The number of likely N-dealkylation sites (tertiary alicyclic amines) is 1. The molecule has 25 heavy (non-hydrogen) atoms. The van der Waals surface area contributed by atoms with Crippen LogP contribution in [0.5, 0.6) is 0 Å². The minimum Gasteiger partial charge on any atom is -0.350 e. The Hall–Kier alpha value is -2.28. The van der Waals surface area contributed by atoms with Gasteiger partial charge < -0.3 is 9.47 Å². The highest BCUT2D eigenvalue weighted by Crippen LogP contribution is 2.35. The molecule has 1 aliphatic carbocycles. The summed E-state index contributed by atoms with van der Waals surface area (Å²) in [5.41, 5.74) is 0.861. The van der Waals surface area contributed by atoms with E-state index >= 15 is 0 Å². The molecule has 7 nitrogen and oxygen atoms in total. The summed E-state index contributed by atoms with van der Waals surface area (Å²) in [6, 6.07) is 4.85. The Bertz CT molecular complexity index is 765. The normalized spacial score (nSPS) is 19.1. The van der Waals surface area contributed by atoms with Crippen LogP contribution in [0.25, 0.3) is 0 Å². The van der Waals surface area contributed by atoms with Crippen molar-refractivity contribution < 1.29 is 0 Å². The van der Waals surface area contributed by atoms with Crippen LogP contribution in [-0.2, 0) is 13.6 Å².